The second-order valence-corrected chi connectivity index (χ2v) is 6.86. The van der Waals surface area contributed by atoms with Gasteiger partial charge >= 0.3 is 0 Å². The molecule has 0 N–H and O–H groups in total. The summed E-state index contributed by atoms with van der Waals surface area (Å²) in [5.74, 6) is 1.05. The monoisotopic (exact) mass is 248 g/mol. The van der Waals surface area contributed by atoms with Crippen LogP contribution in [0.25, 0.3) is 0 Å². The summed E-state index contributed by atoms with van der Waals surface area (Å²) in [4.78, 5) is 1.25. The summed E-state index contributed by atoms with van der Waals surface area (Å²) in [6, 6.07) is 5.10. The Balaban J connectivity index is 2.49. The molecule has 0 aromatic heterocycles. The Labute approximate surface area is 92.1 Å². The molecule has 0 spiro atoms. The van der Waals surface area contributed by atoms with Crippen LogP contribution in [-0.2, 0) is 15.5 Å². The van der Waals surface area contributed by atoms with E-state index in [1.807, 2.05) is 6.07 Å². The normalized spacial score (nSPS) is 16.4. The van der Waals surface area contributed by atoms with E-state index in [0.29, 0.717) is 0 Å². The van der Waals surface area contributed by atoms with E-state index in [4.69, 9.17) is 10.7 Å². The fourth-order valence-electron chi connectivity index (χ4n) is 1.47. The molecule has 0 unspecified atom stereocenters. The highest BCUT2D eigenvalue weighted by Crippen LogP contribution is 2.32. The van der Waals surface area contributed by atoms with E-state index >= 15 is 0 Å². The third-order valence-corrected chi connectivity index (χ3v) is 4.70. The number of thioether (sulfide) groups is 1. The van der Waals surface area contributed by atoms with Gasteiger partial charge in [0.1, 0.15) is 0 Å². The minimum absolute atomic E-state index is 0.201. The zero-order valence-corrected chi connectivity index (χ0v) is 9.75. The van der Waals surface area contributed by atoms with Crippen LogP contribution < -0.4 is 0 Å². The molecule has 1 aromatic carbocycles. The Hall–Kier alpha value is -0.190. The summed E-state index contributed by atoms with van der Waals surface area (Å²) >= 11 is 1.70. The maximum atomic E-state index is 11.1. The van der Waals surface area contributed by atoms with Gasteiger partial charge in [-0.15, -0.1) is 11.8 Å². The molecule has 1 aromatic rings. The third-order valence-electron chi connectivity index (χ3n) is 2.17. The lowest BCUT2D eigenvalue weighted by Crippen LogP contribution is -2.00. The number of aryl methyl sites for hydroxylation is 1. The standard InChI is InChI=1S/C9H9ClO2S2/c10-14(11,12)8-4-3-7-2-1-5-13-9(7)6-8/h3-4,6H,1-2,5H2. The molecule has 0 bridgehead atoms. The first-order valence-electron chi connectivity index (χ1n) is 4.28. The van der Waals surface area contributed by atoms with Crippen LogP contribution in [-0.4, -0.2) is 14.2 Å². The highest BCUT2D eigenvalue weighted by Gasteiger charge is 2.15. The van der Waals surface area contributed by atoms with Gasteiger partial charge in [-0.25, -0.2) is 8.42 Å². The lowest BCUT2D eigenvalue weighted by atomic mass is 10.1. The summed E-state index contributed by atoms with van der Waals surface area (Å²) in [5, 5.41) is 0. The van der Waals surface area contributed by atoms with E-state index in [2.05, 4.69) is 0 Å². The molecular formula is C9H9ClO2S2. The van der Waals surface area contributed by atoms with Crippen LogP contribution >= 0.6 is 22.4 Å². The van der Waals surface area contributed by atoms with Crippen molar-refractivity contribution in [2.75, 3.05) is 5.75 Å². The van der Waals surface area contributed by atoms with Crippen molar-refractivity contribution in [3.8, 4) is 0 Å². The average Bonchev–Trinajstić information content (AvgIpc) is 2.16. The number of hydrogen-bond acceptors (Lipinski definition) is 3. The maximum Gasteiger partial charge on any atom is 0.261 e. The van der Waals surface area contributed by atoms with Gasteiger partial charge in [0.25, 0.3) is 9.05 Å². The number of hydrogen-bond donors (Lipinski definition) is 0. The summed E-state index contributed by atoms with van der Waals surface area (Å²) in [5.41, 5.74) is 1.23. The smallest absolute Gasteiger partial charge is 0.207 e. The highest BCUT2D eigenvalue weighted by atomic mass is 35.7. The molecule has 0 saturated heterocycles. The fraction of sp³-hybridized carbons (Fsp3) is 0.333. The van der Waals surface area contributed by atoms with Gasteiger partial charge < -0.3 is 0 Å². The molecule has 0 saturated carbocycles. The van der Waals surface area contributed by atoms with Crippen molar-refractivity contribution in [2.45, 2.75) is 22.6 Å². The highest BCUT2D eigenvalue weighted by molar-refractivity contribution is 8.13. The lowest BCUT2D eigenvalue weighted by Gasteiger charge is -2.14. The molecule has 14 heavy (non-hydrogen) atoms. The Morgan fingerprint density at radius 3 is 2.86 bits per heavy atom. The number of halogens is 1. The Bertz CT molecular complexity index is 454. The molecule has 1 aliphatic rings. The molecule has 2 rings (SSSR count). The SMILES string of the molecule is O=S(=O)(Cl)c1ccc2c(c1)SCCC2. The molecule has 0 amide bonds. The van der Waals surface area contributed by atoms with Crippen LogP contribution in [0.3, 0.4) is 0 Å². The van der Waals surface area contributed by atoms with E-state index in [-0.39, 0.29) is 4.90 Å². The largest absolute Gasteiger partial charge is 0.261 e. The van der Waals surface area contributed by atoms with Gasteiger partial charge in [-0.3, -0.25) is 0 Å². The lowest BCUT2D eigenvalue weighted by molar-refractivity contribution is 0.609. The first-order valence-corrected chi connectivity index (χ1v) is 7.57. The number of fused-ring (bicyclic) bond motifs is 1. The predicted molar refractivity (Wildman–Crippen MR) is 58.5 cm³/mol. The Morgan fingerprint density at radius 2 is 2.14 bits per heavy atom. The molecule has 0 radical (unpaired) electrons. The van der Waals surface area contributed by atoms with Crippen molar-refractivity contribution in [1.82, 2.24) is 0 Å². The van der Waals surface area contributed by atoms with Crippen molar-refractivity contribution >= 4 is 31.5 Å². The summed E-state index contributed by atoms with van der Waals surface area (Å²) < 4.78 is 22.1. The summed E-state index contributed by atoms with van der Waals surface area (Å²) in [6.45, 7) is 0. The van der Waals surface area contributed by atoms with Crippen LogP contribution in [0.2, 0.25) is 0 Å². The van der Waals surface area contributed by atoms with Crippen molar-refractivity contribution in [3.63, 3.8) is 0 Å². The zero-order chi connectivity index (χ0) is 10.2. The molecule has 2 nitrogen and oxygen atoms in total. The van der Waals surface area contributed by atoms with Crippen molar-refractivity contribution in [2.24, 2.45) is 0 Å². The molecular weight excluding hydrogens is 240 g/mol. The second-order valence-electron chi connectivity index (χ2n) is 3.16. The minimum atomic E-state index is -3.58. The van der Waals surface area contributed by atoms with Gasteiger partial charge in [0.15, 0.2) is 0 Å². The predicted octanol–water partition coefficient (Wildman–Crippen LogP) is 2.65. The number of benzene rings is 1. The van der Waals surface area contributed by atoms with Crippen molar-refractivity contribution in [3.05, 3.63) is 23.8 Å². The molecule has 5 heteroatoms. The van der Waals surface area contributed by atoms with Crippen LogP contribution in [0.5, 0.6) is 0 Å². The molecule has 1 heterocycles. The van der Waals surface area contributed by atoms with E-state index < -0.39 is 9.05 Å². The number of rotatable bonds is 1. The van der Waals surface area contributed by atoms with Gasteiger partial charge in [-0.2, -0.15) is 0 Å². The molecule has 0 fully saturated rings. The second kappa shape index (κ2) is 3.76. The third kappa shape index (κ3) is 2.07. The zero-order valence-electron chi connectivity index (χ0n) is 7.36. The van der Waals surface area contributed by atoms with E-state index in [0.717, 1.165) is 23.5 Å². The minimum Gasteiger partial charge on any atom is -0.207 e. The maximum absolute atomic E-state index is 11.1. The Morgan fingerprint density at radius 1 is 1.36 bits per heavy atom. The van der Waals surface area contributed by atoms with Gasteiger partial charge in [0.2, 0.25) is 0 Å². The quantitative estimate of drug-likeness (QED) is 0.717. The van der Waals surface area contributed by atoms with Gasteiger partial charge in [-0.05, 0) is 36.3 Å². The van der Waals surface area contributed by atoms with E-state index in [1.54, 1.807) is 23.9 Å². The Kier molecular flexibility index (Phi) is 2.77. The van der Waals surface area contributed by atoms with Crippen LogP contribution in [0, 0.1) is 0 Å². The van der Waals surface area contributed by atoms with Crippen molar-refractivity contribution < 1.29 is 8.42 Å². The molecule has 1 aliphatic heterocycles. The van der Waals surface area contributed by atoms with Crippen LogP contribution in [0.15, 0.2) is 28.0 Å². The van der Waals surface area contributed by atoms with Crippen LogP contribution in [0.4, 0.5) is 0 Å². The van der Waals surface area contributed by atoms with Gasteiger partial charge in [0.05, 0.1) is 4.90 Å². The van der Waals surface area contributed by atoms with E-state index in [1.165, 1.54) is 5.56 Å². The first-order chi connectivity index (χ1) is 6.57. The van der Waals surface area contributed by atoms with Crippen LogP contribution in [0.1, 0.15) is 12.0 Å². The van der Waals surface area contributed by atoms with E-state index in [9.17, 15) is 8.42 Å². The summed E-state index contributed by atoms with van der Waals surface area (Å²) in [6.07, 6.45) is 2.19. The fourth-order valence-corrected chi connectivity index (χ4v) is 3.40. The first kappa shape index (κ1) is 10.3. The summed E-state index contributed by atoms with van der Waals surface area (Å²) in [7, 11) is 1.69. The van der Waals surface area contributed by atoms with Gasteiger partial charge in [0, 0.05) is 15.6 Å². The topological polar surface area (TPSA) is 34.1 Å². The van der Waals surface area contributed by atoms with Gasteiger partial charge in [-0.1, -0.05) is 6.07 Å². The molecule has 0 aliphatic carbocycles. The van der Waals surface area contributed by atoms with Crippen molar-refractivity contribution in [1.29, 1.82) is 0 Å². The molecule has 76 valence electrons. The average molecular weight is 249 g/mol. The molecule has 0 atom stereocenters.